The normalized spacial score (nSPS) is 15.7. The molecule has 1 saturated heterocycles. The second-order valence-electron chi connectivity index (χ2n) is 7.30. The van der Waals surface area contributed by atoms with Crippen molar-refractivity contribution in [1.29, 1.82) is 5.26 Å². The number of hydrogen-bond acceptors (Lipinski definition) is 3. The number of amides is 2. The number of piperidine rings is 1. The van der Waals surface area contributed by atoms with Gasteiger partial charge in [0.2, 0.25) is 5.91 Å². The van der Waals surface area contributed by atoms with Gasteiger partial charge in [-0.25, -0.2) is 0 Å². The fraction of sp³-hybridized carbons (Fsp3) is 0.526. The topological polar surface area (TPSA) is 73.2 Å². The van der Waals surface area contributed by atoms with E-state index < -0.39 is 0 Å². The average molecular weight is 327 g/mol. The molecule has 5 heteroatoms. The number of rotatable bonds is 3. The van der Waals surface area contributed by atoms with Gasteiger partial charge in [0.15, 0.2) is 0 Å². The van der Waals surface area contributed by atoms with E-state index in [1.54, 1.807) is 0 Å². The van der Waals surface area contributed by atoms with Gasteiger partial charge in [-0.2, -0.15) is 5.26 Å². The molecule has 0 atom stereocenters. The first kappa shape index (κ1) is 18.0. The molecule has 0 spiro atoms. The van der Waals surface area contributed by atoms with Crippen LogP contribution in [0, 0.1) is 11.3 Å². The maximum Gasteiger partial charge on any atom is 0.253 e. The molecule has 1 aliphatic heterocycles. The van der Waals surface area contributed by atoms with Gasteiger partial charge in [-0.15, -0.1) is 0 Å². The Bertz CT molecular complexity index is 630. The molecular weight excluding hydrogens is 302 g/mol. The van der Waals surface area contributed by atoms with Crippen LogP contribution in [0.3, 0.4) is 0 Å². The average Bonchev–Trinajstić information content (AvgIpc) is 2.54. The van der Waals surface area contributed by atoms with Gasteiger partial charge in [0, 0.05) is 24.7 Å². The third-order valence-electron chi connectivity index (χ3n) is 4.38. The number of hydrogen-bond donors (Lipinski definition) is 1. The molecule has 0 bridgehead atoms. The molecule has 1 N–H and O–H groups in total. The van der Waals surface area contributed by atoms with Crippen LogP contribution < -0.4 is 5.32 Å². The molecule has 1 aliphatic rings. The molecule has 0 aliphatic carbocycles. The summed E-state index contributed by atoms with van der Waals surface area (Å²) in [5.41, 5.74) is 1.98. The zero-order chi connectivity index (χ0) is 17.7. The Balaban J connectivity index is 1.91. The molecule has 1 heterocycles. The van der Waals surface area contributed by atoms with E-state index in [1.807, 2.05) is 35.2 Å². The van der Waals surface area contributed by atoms with E-state index in [4.69, 9.17) is 5.26 Å². The first-order valence-electron chi connectivity index (χ1n) is 8.37. The lowest BCUT2D eigenvalue weighted by Crippen LogP contribution is -2.46. The van der Waals surface area contributed by atoms with Crippen molar-refractivity contribution in [2.45, 2.75) is 51.5 Å². The van der Waals surface area contributed by atoms with Crippen LogP contribution in [0.15, 0.2) is 24.3 Å². The minimum absolute atomic E-state index is 0.0391. The van der Waals surface area contributed by atoms with Crippen LogP contribution in [0.5, 0.6) is 0 Å². The highest BCUT2D eigenvalue weighted by atomic mass is 16.2. The van der Waals surface area contributed by atoms with E-state index in [9.17, 15) is 9.59 Å². The SMILES string of the molecule is CC(C)(C)c1ccc(C(=O)N2CCC(NC(=O)CC#N)CC2)cc1. The number of benzene rings is 1. The molecule has 0 saturated carbocycles. The molecule has 0 unspecified atom stereocenters. The standard InChI is InChI=1S/C19H25N3O2/c1-19(2,3)15-6-4-14(5-7-15)18(24)22-12-9-16(10-13-22)21-17(23)8-11-20/h4-7,16H,8-10,12-13H2,1-3H3,(H,21,23). The van der Waals surface area contributed by atoms with Crippen molar-refractivity contribution in [2.75, 3.05) is 13.1 Å². The second kappa shape index (κ2) is 7.48. The predicted molar refractivity (Wildman–Crippen MR) is 92.4 cm³/mol. The highest BCUT2D eigenvalue weighted by Crippen LogP contribution is 2.23. The van der Waals surface area contributed by atoms with Gasteiger partial charge in [0.05, 0.1) is 6.07 Å². The maximum atomic E-state index is 12.6. The third kappa shape index (κ3) is 4.58. The molecule has 5 nitrogen and oxygen atoms in total. The van der Waals surface area contributed by atoms with Crippen LogP contribution in [-0.2, 0) is 10.2 Å². The fourth-order valence-electron chi connectivity index (χ4n) is 2.87. The van der Waals surface area contributed by atoms with Crippen molar-refractivity contribution in [2.24, 2.45) is 0 Å². The minimum Gasteiger partial charge on any atom is -0.352 e. The quantitative estimate of drug-likeness (QED) is 0.927. The Morgan fingerprint density at radius 1 is 1.21 bits per heavy atom. The Labute approximate surface area is 143 Å². The highest BCUT2D eigenvalue weighted by Gasteiger charge is 2.24. The van der Waals surface area contributed by atoms with Crippen LogP contribution in [0.4, 0.5) is 0 Å². The smallest absolute Gasteiger partial charge is 0.253 e. The summed E-state index contributed by atoms with van der Waals surface area (Å²) in [5, 5.41) is 11.4. The predicted octanol–water partition coefficient (Wildman–Crippen LogP) is 2.62. The van der Waals surface area contributed by atoms with E-state index >= 15 is 0 Å². The summed E-state index contributed by atoms with van der Waals surface area (Å²) in [6.07, 6.45) is 1.34. The number of nitriles is 1. The molecule has 0 radical (unpaired) electrons. The van der Waals surface area contributed by atoms with Crippen LogP contribution >= 0.6 is 0 Å². The van der Waals surface area contributed by atoms with Crippen molar-refractivity contribution in [3.63, 3.8) is 0 Å². The number of likely N-dealkylation sites (tertiary alicyclic amines) is 1. The number of nitrogens with zero attached hydrogens (tertiary/aromatic N) is 2. The van der Waals surface area contributed by atoms with Gasteiger partial charge in [-0.05, 0) is 36.0 Å². The fourth-order valence-corrected chi connectivity index (χ4v) is 2.87. The van der Waals surface area contributed by atoms with Gasteiger partial charge >= 0.3 is 0 Å². The van der Waals surface area contributed by atoms with E-state index in [2.05, 4.69) is 26.1 Å². The zero-order valence-corrected chi connectivity index (χ0v) is 14.6. The largest absolute Gasteiger partial charge is 0.352 e. The first-order valence-corrected chi connectivity index (χ1v) is 8.37. The lowest BCUT2D eigenvalue weighted by Gasteiger charge is -2.32. The van der Waals surface area contributed by atoms with Crippen molar-refractivity contribution in [3.8, 4) is 6.07 Å². The summed E-state index contributed by atoms with van der Waals surface area (Å²) in [6, 6.07) is 9.71. The second-order valence-corrected chi connectivity index (χ2v) is 7.30. The number of carbonyl (C=O) groups excluding carboxylic acids is 2. The van der Waals surface area contributed by atoms with Gasteiger partial charge < -0.3 is 10.2 Å². The molecule has 2 rings (SSSR count). The number of carbonyl (C=O) groups is 2. The summed E-state index contributed by atoms with van der Waals surface area (Å²) in [5.74, 6) is -0.197. The Morgan fingerprint density at radius 2 is 1.79 bits per heavy atom. The molecule has 1 fully saturated rings. The first-order chi connectivity index (χ1) is 11.3. The third-order valence-corrected chi connectivity index (χ3v) is 4.38. The molecule has 1 aromatic rings. The van der Waals surface area contributed by atoms with Gasteiger partial charge in [0.1, 0.15) is 6.42 Å². The molecule has 24 heavy (non-hydrogen) atoms. The summed E-state index contributed by atoms with van der Waals surface area (Å²) >= 11 is 0. The molecule has 2 amide bonds. The maximum absolute atomic E-state index is 12.6. The van der Waals surface area contributed by atoms with Crippen molar-refractivity contribution in [1.82, 2.24) is 10.2 Å². The Kier molecular flexibility index (Phi) is 5.61. The number of nitrogens with one attached hydrogen (secondary N) is 1. The monoisotopic (exact) mass is 327 g/mol. The van der Waals surface area contributed by atoms with Gasteiger partial charge in [0.25, 0.3) is 5.91 Å². The summed E-state index contributed by atoms with van der Waals surface area (Å²) in [4.78, 5) is 25.9. The Morgan fingerprint density at radius 3 is 2.29 bits per heavy atom. The summed E-state index contributed by atoms with van der Waals surface area (Å²) in [7, 11) is 0. The van der Waals surface area contributed by atoms with E-state index in [0.717, 1.165) is 12.8 Å². The summed E-state index contributed by atoms with van der Waals surface area (Å²) < 4.78 is 0. The van der Waals surface area contributed by atoms with Crippen LogP contribution in [0.25, 0.3) is 0 Å². The van der Waals surface area contributed by atoms with Gasteiger partial charge in [-0.3, -0.25) is 9.59 Å². The van der Waals surface area contributed by atoms with Crippen LogP contribution in [0.1, 0.15) is 56.0 Å². The lowest BCUT2D eigenvalue weighted by molar-refractivity contribution is -0.121. The van der Waals surface area contributed by atoms with Crippen molar-refractivity contribution < 1.29 is 9.59 Å². The molecule has 128 valence electrons. The van der Waals surface area contributed by atoms with Crippen LogP contribution in [0.2, 0.25) is 0 Å². The zero-order valence-electron chi connectivity index (χ0n) is 14.6. The van der Waals surface area contributed by atoms with E-state index in [-0.39, 0.29) is 29.7 Å². The molecule has 1 aromatic carbocycles. The highest BCUT2D eigenvalue weighted by molar-refractivity contribution is 5.94. The lowest BCUT2D eigenvalue weighted by atomic mass is 9.86. The van der Waals surface area contributed by atoms with E-state index in [1.165, 1.54) is 5.56 Å². The van der Waals surface area contributed by atoms with Crippen molar-refractivity contribution >= 4 is 11.8 Å². The molecule has 0 aromatic heterocycles. The summed E-state index contributed by atoms with van der Waals surface area (Å²) in [6.45, 7) is 7.69. The van der Waals surface area contributed by atoms with E-state index in [0.29, 0.717) is 18.7 Å². The Hall–Kier alpha value is -2.35. The minimum atomic E-state index is -0.236. The molecular formula is C19H25N3O2. The van der Waals surface area contributed by atoms with Gasteiger partial charge in [-0.1, -0.05) is 32.9 Å². The van der Waals surface area contributed by atoms with Crippen molar-refractivity contribution in [3.05, 3.63) is 35.4 Å². The van der Waals surface area contributed by atoms with Crippen LogP contribution in [-0.4, -0.2) is 35.8 Å².